The fourth-order valence-electron chi connectivity index (χ4n) is 3.11. The van der Waals surface area contributed by atoms with Gasteiger partial charge in [-0.25, -0.2) is 0 Å². The number of rotatable bonds is 5. The Morgan fingerprint density at radius 2 is 2.22 bits per heavy atom. The molecular weight excluding hydrogens is 308 g/mol. The number of amides is 1. The minimum atomic E-state index is 0.0928. The third kappa shape index (κ3) is 3.88. The molecular formula is C17H22N4OS. The summed E-state index contributed by atoms with van der Waals surface area (Å²) < 4.78 is 2.45. The topological polar surface area (TPSA) is 62.7 Å². The zero-order chi connectivity index (χ0) is 16.2. The van der Waals surface area contributed by atoms with Gasteiger partial charge in [0.05, 0.1) is 0 Å². The van der Waals surface area contributed by atoms with Gasteiger partial charge in [0.25, 0.3) is 0 Å². The third-order valence-electron chi connectivity index (χ3n) is 4.32. The van der Waals surface area contributed by atoms with Gasteiger partial charge in [0, 0.05) is 24.6 Å². The highest BCUT2D eigenvalue weighted by atomic mass is 32.1. The molecule has 1 fully saturated rings. The summed E-state index contributed by atoms with van der Waals surface area (Å²) in [5.41, 5.74) is 2.18. The Morgan fingerprint density at radius 1 is 1.43 bits per heavy atom. The number of aromatic amines is 1. The Labute approximate surface area is 141 Å². The molecule has 1 amide bonds. The molecule has 0 bridgehead atoms. The molecule has 0 aliphatic heterocycles. The average Bonchev–Trinajstić information content (AvgIpc) is 3.15. The van der Waals surface area contributed by atoms with Crippen molar-refractivity contribution in [2.75, 3.05) is 0 Å². The van der Waals surface area contributed by atoms with Crippen LogP contribution >= 0.6 is 12.2 Å². The SMILES string of the molecule is Cc1cccc(-c2n[nH]c(=S)n2CCC(=O)NC2CCCC2)c1. The van der Waals surface area contributed by atoms with Crippen molar-refractivity contribution < 1.29 is 4.79 Å². The van der Waals surface area contributed by atoms with Gasteiger partial charge in [0.15, 0.2) is 10.6 Å². The van der Waals surface area contributed by atoms with E-state index in [1.165, 1.54) is 18.4 Å². The van der Waals surface area contributed by atoms with E-state index in [9.17, 15) is 4.79 Å². The molecule has 122 valence electrons. The van der Waals surface area contributed by atoms with Crippen LogP contribution in [0.15, 0.2) is 24.3 Å². The van der Waals surface area contributed by atoms with Crippen molar-refractivity contribution >= 4 is 18.1 Å². The van der Waals surface area contributed by atoms with Gasteiger partial charge in [-0.2, -0.15) is 5.10 Å². The van der Waals surface area contributed by atoms with Crippen molar-refractivity contribution in [2.24, 2.45) is 0 Å². The van der Waals surface area contributed by atoms with Crippen LogP contribution in [0.1, 0.15) is 37.7 Å². The summed E-state index contributed by atoms with van der Waals surface area (Å²) in [6, 6.07) is 8.48. The van der Waals surface area contributed by atoms with Crippen molar-refractivity contribution in [3.05, 3.63) is 34.6 Å². The highest BCUT2D eigenvalue weighted by Crippen LogP contribution is 2.20. The van der Waals surface area contributed by atoms with E-state index in [0.29, 0.717) is 23.8 Å². The van der Waals surface area contributed by atoms with Crippen LogP contribution in [0.25, 0.3) is 11.4 Å². The average molecular weight is 330 g/mol. The molecule has 23 heavy (non-hydrogen) atoms. The number of nitrogens with zero attached hydrogens (tertiary/aromatic N) is 2. The van der Waals surface area contributed by atoms with E-state index in [1.807, 2.05) is 29.7 Å². The molecule has 1 saturated carbocycles. The van der Waals surface area contributed by atoms with E-state index in [2.05, 4.69) is 21.6 Å². The fourth-order valence-corrected chi connectivity index (χ4v) is 3.34. The monoisotopic (exact) mass is 330 g/mol. The highest BCUT2D eigenvalue weighted by molar-refractivity contribution is 7.71. The standard InChI is InChI=1S/C17H22N4OS/c1-12-5-4-6-13(11-12)16-19-20-17(23)21(16)10-9-15(22)18-14-7-2-3-8-14/h4-6,11,14H,2-3,7-10H2,1H3,(H,18,22)(H,20,23). The fraction of sp³-hybridized carbons (Fsp3) is 0.471. The summed E-state index contributed by atoms with van der Waals surface area (Å²) in [4.78, 5) is 12.1. The number of nitrogens with one attached hydrogen (secondary N) is 2. The Morgan fingerprint density at radius 3 is 2.96 bits per heavy atom. The van der Waals surface area contributed by atoms with Crippen LogP contribution < -0.4 is 5.32 Å². The summed E-state index contributed by atoms with van der Waals surface area (Å²) in [6.45, 7) is 2.58. The second-order valence-corrected chi connectivity index (χ2v) is 6.56. The van der Waals surface area contributed by atoms with Gasteiger partial charge in [0.1, 0.15) is 0 Å². The molecule has 0 atom stereocenters. The number of hydrogen-bond acceptors (Lipinski definition) is 3. The summed E-state index contributed by atoms with van der Waals surface area (Å²) >= 11 is 5.31. The summed E-state index contributed by atoms with van der Waals surface area (Å²) in [7, 11) is 0. The maximum Gasteiger partial charge on any atom is 0.222 e. The van der Waals surface area contributed by atoms with Gasteiger partial charge >= 0.3 is 0 Å². The van der Waals surface area contributed by atoms with Crippen molar-refractivity contribution in [1.82, 2.24) is 20.1 Å². The van der Waals surface area contributed by atoms with E-state index < -0.39 is 0 Å². The number of aromatic nitrogens is 3. The van der Waals surface area contributed by atoms with Gasteiger partial charge in [0.2, 0.25) is 5.91 Å². The van der Waals surface area contributed by atoms with Gasteiger partial charge in [-0.05, 0) is 38.0 Å². The first-order valence-electron chi connectivity index (χ1n) is 8.15. The van der Waals surface area contributed by atoms with Gasteiger partial charge < -0.3 is 5.32 Å². The van der Waals surface area contributed by atoms with Crippen molar-refractivity contribution in [3.63, 3.8) is 0 Å². The Bertz CT molecular complexity index is 743. The third-order valence-corrected chi connectivity index (χ3v) is 4.63. The lowest BCUT2D eigenvalue weighted by Crippen LogP contribution is -2.33. The first kappa shape index (κ1) is 15.9. The van der Waals surface area contributed by atoms with Crippen LogP contribution in [0.3, 0.4) is 0 Å². The number of carbonyl (C=O) groups is 1. The normalized spacial score (nSPS) is 15.0. The zero-order valence-electron chi connectivity index (χ0n) is 13.3. The van der Waals surface area contributed by atoms with Crippen LogP contribution in [0.2, 0.25) is 0 Å². The maximum atomic E-state index is 12.1. The molecule has 0 saturated heterocycles. The lowest BCUT2D eigenvalue weighted by Gasteiger charge is -2.12. The summed E-state index contributed by atoms with van der Waals surface area (Å²) in [5.74, 6) is 0.877. The smallest absolute Gasteiger partial charge is 0.222 e. The second kappa shape index (κ2) is 7.08. The molecule has 2 aromatic rings. The predicted octanol–water partition coefficient (Wildman–Crippen LogP) is 3.37. The van der Waals surface area contributed by atoms with E-state index in [4.69, 9.17) is 12.2 Å². The molecule has 2 N–H and O–H groups in total. The van der Waals surface area contributed by atoms with Crippen LogP contribution in [-0.4, -0.2) is 26.7 Å². The number of carbonyl (C=O) groups excluding carboxylic acids is 1. The molecule has 0 radical (unpaired) electrons. The minimum Gasteiger partial charge on any atom is -0.353 e. The van der Waals surface area contributed by atoms with Gasteiger partial charge in [-0.1, -0.05) is 36.6 Å². The largest absolute Gasteiger partial charge is 0.353 e. The van der Waals surface area contributed by atoms with E-state index in [-0.39, 0.29) is 5.91 Å². The quantitative estimate of drug-likeness (QED) is 0.826. The minimum absolute atomic E-state index is 0.0928. The summed E-state index contributed by atoms with van der Waals surface area (Å²) in [5, 5.41) is 10.3. The number of H-pyrrole nitrogens is 1. The zero-order valence-corrected chi connectivity index (χ0v) is 14.2. The van der Waals surface area contributed by atoms with Crippen molar-refractivity contribution in [3.8, 4) is 11.4 Å². The lowest BCUT2D eigenvalue weighted by atomic mass is 10.1. The molecule has 1 heterocycles. The van der Waals surface area contributed by atoms with Crippen LogP contribution in [0, 0.1) is 11.7 Å². The number of benzene rings is 1. The van der Waals surface area contributed by atoms with Crippen LogP contribution in [-0.2, 0) is 11.3 Å². The molecule has 1 aromatic carbocycles. The molecule has 0 spiro atoms. The maximum absolute atomic E-state index is 12.1. The first-order valence-corrected chi connectivity index (χ1v) is 8.56. The molecule has 5 nitrogen and oxygen atoms in total. The van der Waals surface area contributed by atoms with Crippen LogP contribution in [0.4, 0.5) is 0 Å². The summed E-state index contributed by atoms with van der Waals surface area (Å²) in [6.07, 6.45) is 5.06. The van der Waals surface area contributed by atoms with E-state index in [1.54, 1.807) is 0 Å². The van der Waals surface area contributed by atoms with Crippen LogP contribution in [0.5, 0.6) is 0 Å². The highest BCUT2D eigenvalue weighted by Gasteiger charge is 2.17. The first-order chi connectivity index (χ1) is 11.1. The predicted molar refractivity (Wildman–Crippen MR) is 92.6 cm³/mol. The van der Waals surface area contributed by atoms with Gasteiger partial charge in [-0.15, -0.1) is 0 Å². The van der Waals surface area contributed by atoms with Crippen molar-refractivity contribution in [1.29, 1.82) is 0 Å². The molecule has 3 rings (SSSR count). The van der Waals surface area contributed by atoms with Gasteiger partial charge in [-0.3, -0.25) is 14.5 Å². The lowest BCUT2D eigenvalue weighted by molar-refractivity contribution is -0.121. The molecule has 1 aromatic heterocycles. The molecule has 0 unspecified atom stereocenters. The Hall–Kier alpha value is -1.95. The Balaban J connectivity index is 1.69. The molecule has 1 aliphatic rings. The van der Waals surface area contributed by atoms with E-state index >= 15 is 0 Å². The molecule has 1 aliphatic carbocycles. The number of hydrogen-bond donors (Lipinski definition) is 2. The molecule has 6 heteroatoms. The van der Waals surface area contributed by atoms with E-state index in [0.717, 1.165) is 24.2 Å². The van der Waals surface area contributed by atoms with Crippen molar-refractivity contribution in [2.45, 2.75) is 51.6 Å². The number of aryl methyl sites for hydroxylation is 1. The Kier molecular flexibility index (Phi) is 4.91. The second-order valence-electron chi connectivity index (χ2n) is 6.17.